The lowest BCUT2D eigenvalue weighted by atomic mass is 10.0. The molecule has 0 saturated carbocycles. The number of hydrogen-bond acceptors (Lipinski definition) is 4. The number of carbonyl (C=O) groups is 1. The summed E-state index contributed by atoms with van der Waals surface area (Å²) < 4.78 is 5.60. The second kappa shape index (κ2) is 7.22. The van der Waals surface area contributed by atoms with Gasteiger partial charge in [0.1, 0.15) is 6.61 Å². The Hall–Kier alpha value is -0.650. The standard InChI is InChI=1S/C14H27N3O2/c1-14(11-15-12-14)19-10-13(18)16-6-9-17-7-4-2-3-5-8-17/h15H,2-12H2,1H3,(H,16,18). The molecule has 5 heteroatoms. The van der Waals surface area contributed by atoms with Gasteiger partial charge in [-0.15, -0.1) is 0 Å². The largest absolute Gasteiger partial charge is 0.363 e. The van der Waals surface area contributed by atoms with E-state index in [0.717, 1.165) is 26.2 Å². The van der Waals surface area contributed by atoms with Crippen LogP contribution in [0, 0.1) is 0 Å². The maximum atomic E-state index is 11.7. The number of likely N-dealkylation sites (tertiary alicyclic amines) is 1. The average Bonchev–Trinajstić information content (AvgIpc) is 2.63. The predicted octanol–water partition coefficient (Wildman–Crippen LogP) is 0.357. The maximum Gasteiger partial charge on any atom is 0.246 e. The zero-order valence-electron chi connectivity index (χ0n) is 12.0. The van der Waals surface area contributed by atoms with Crippen molar-refractivity contribution in [1.29, 1.82) is 0 Å². The normalized spacial score (nSPS) is 23.4. The van der Waals surface area contributed by atoms with Crippen molar-refractivity contribution in [2.75, 3.05) is 45.9 Å². The van der Waals surface area contributed by atoms with Gasteiger partial charge in [0.15, 0.2) is 0 Å². The van der Waals surface area contributed by atoms with E-state index in [2.05, 4.69) is 15.5 Å². The molecular weight excluding hydrogens is 242 g/mol. The van der Waals surface area contributed by atoms with Gasteiger partial charge in [0, 0.05) is 26.2 Å². The van der Waals surface area contributed by atoms with Crippen molar-refractivity contribution in [2.45, 2.75) is 38.2 Å². The average molecular weight is 269 g/mol. The van der Waals surface area contributed by atoms with Crippen LogP contribution in [0.5, 0.6) is 0 Å². The smallest absolute Gasteiger partial charge is 0.246 e. The number of rotatable bonds is 6. The first-order chi connectivity index (χ1) is 9.18. The lowest BCUT2D eigenvalue weighted by Crippen LogP contribution is -2.59. The van der Waals surface area contributed by atoms with Gasteiger partial charge in [-0.3, -0.25) is 4.79 Å². The molecule has 0 aromatic heterocycles. The van der Waals surface area contributed by atoms with Crippen LogP contribution in [0.4, 0.5) is 0 Å². The van der Waals surface area contributed by atoms with E-state index in [9.17, 15) is 4.79 Å². The van der Waals surface area contributed by atoms with E-state index in [1.54, 1.807) is 0 Å². The van der Waals surface area contributed by atoms with Crippen molar-refractivity contribution >= 4 is 5.91 Å². The van der Waals surface area contributed by atoms with Crippen molar-refractivity contribution < 1.29 is 9.53 Å². The summed E-state index contributed by atoms with van der Waals surface area (Å²) in [5, 5.41) is 6.10. The van der Waals surface area contributed by atoms with Crippen molar-refractivity contribution in [2.24, 2.45) is 0 Å². The highest BCUT2D eigenvalue weighted by atomic mass is 16.5. The van der Waals surface area contributed by atoms with E-state index in [1.165, 1.54) is 38.8 Å². The number of carbonyl (C=O) groups excluding carboxylic acids is 1. The van der Waals surface area contributed by atoms with Gasteiger partial charge in [-0.1, -0.05) is 12.8 Å². The molecule has 0 aromatic carbocycles. The summed E-state index contributed by atoms with van der Waals surface area (Å²) in [5.74, 6) is 0.00273. The second-order valence-corrected chi connectivity index (χ2v) is 5.95. The molecule has 2 heterocycles. The molecule has 110 valence electrons. The molecule has 2 N–H and O–H groups in total. The van der Waals surface area contributed by atoms with E-state index in [4.69, 9.17) is 4.74 Å². The molecule has 0 radical (unpaired) electrons. The third-order valence-electron chi connectivity index (χ3n) is 4.00. The Bertz CT molecular complexity index is 284. The Morgan fingerprint density at radius 2 is 1.95 bits per heavy atom. The number of nitrogens with one attached hydrogen (secondary N) is 2. The number of hydrogen-bond donors (Lipinski definition) is 2. The molecule has 2 rings (SSSR count). The fourth-order valence-electron chi connectivity index (χ4n) is 2.58. The summed E-state index contributed by atoms with van der Waals surface area (Å²) in [6.45, 7) is 7.95. The molecule has 2 saturated heterocycles. The van der Waals surface area contributed by atoms with Gasteiger partial charge in [-0.2, -0.15) is 0 Å². The molecule has 0 atom stereocenters. The van der Waals surface area contributed by atoms with E-state index in [-0.39, 0.29) is 18.1 Å². The molecule has 19 heavy (non-hydrogen) atoms. The molecule has 5 nitrogen and oxygen atoms in total. The zero-order valence-corrected chi connectivity index (χ0v) is 12.0. The zero-order chi connectivity index (χ0) is 13.6. The molecule has 0 spiro atoms. The summed E-state index contributed by atoms with van der Waals surface area (Å²) in [7, 11) is 0. The Morgan fingerprint density at radius 3 is 2.53 bits per heavy atom. The molecule has 0 unspecified atom stereocenters. The summed E-state index contributed by atoms with van der Waals surface area (Å²) in [6, 6.07) is 0. The Labute approximate surface area is 116 Å². The van der Waals surface area contributed by atoms with Crippen LogP contribution in [0.1, 0.15) is 32.6 Å². The minimum absolute atomic E-state index is 0.00273. The Balaban J connectivity index is 1.53. The molecule has 0 bridgehead atoms. The van der Waals surface area contributed by atoms with Gasteiger partial charge in [0.2, 0.25) is 5.91 Å². The van der Waals surface area contributed by atoms with Gasteiger partial charge in [0.05, 0.1) is 5.60 Å². The van der Waals surface area contributed by atoms with E-state index in [0.29, 0.717) is 0 Å². The summed E-state index contributed by atoms with van der Waals surface area (Å²) in [4.78, 5) is 14.1. The number of ether oxygens (including phenoxy) is 1. The first kappa shape index (κ1) is 14.8. The topological polar surface area (TPSA) is 53.6 Å². The maximum absolute atomic E-state index is 11.7. The van der Waals surface area contributed by atoms with Gasteiger partial charge in [-0.05, 0) is 32.9 Å². The van der Waals surface area contributed by atoms with Gasteiger partial charge in [-0.25, -0.2) is 0 Å². The minimum Gasteiger partial charge on any atom is -0.363 e. The van der Waals surface area contributed by atoms with Crippen LogP contribution >= 0.6 is 0 Å². The van der Waals surface area contributed by atoms with Crippen molar-refractivity contribution in [1.82, 2.24) is 15.5 Å². The van der Waals surface area contributed by atoms with Crippen molar-refractivity contribution in [3.8, 4) is 0 Å². The fourth-order valence-corrected chi connectivity index (χ4v) is 2.58. The highest BCUT2D eigenvalue weighted by molar-refractivity contribution is 5.77. The van der Waals surface area contributed by atoms with E-state index in [1.807, 2.05) is 6.92 Å². The third kappa shape index (κ3) is 5.09. The highest BCUT2D eigenvalue weighted by Crippen LogP contribution is 2.14. The molecule has 2 aliphatic heterocycles. The lowest BCUT2D eigenvalue weighted by Gasteiger charge is -2.38. The van der Waals surface area contributed by atoms with Crippen LogP contribution in [-0.2, 0) is 9.53 Å². The quantitative estimate of drug-likeness (QED) is 0.731. The Morgan fingerprint density at radius 1 is 1.26 bits per heavy atom. The molecule has 0 aromatic rings. The molecule has 2 aliphatic rings. The monoisotopic (exact) mass is 269 g/mol. The summed E-state index contributed by atoms with van der Waals surface area (Å²) in [5.41, 5.74) is -0.137. The van der Waals surface area contributed by atoms with E-state index >= 15 is 0 Å². The van der Waals surface area contributed by atoms with Gasteiger partial charge < -0.3 is 20.3 Å². The summed E-state index contributed by atoms with van der Waals surface area (Å²) >= 11 is 0. The first-order valence-corrected chi connectivity index (χ1v) is 7.52. The Kier molecular flexibility index (Phi) is 5.60. The van der Waals surface area contributed by atoms with Crippen molar-refractivity contribution in [3.63, 3.8) is 0 Å². The number of amides is 1. The molecule has 1 amide bonds. The van der Waals surface area contributed by atoms with Crippen LogP contribution < -0.4 is 10.6 Å². The second-order valence-electron chi connectivity index (χ2n) is 5.95. The van der Waals surface area contributed by atoms with Crippen molar-refractivity contribution in [3.05, 3.63) is 0 Å². The van der Waals surface area contributed by atoms with Gasteiger partial charge >= 0.3 is 0 Å². The molecule has 2 fully saturated rings. The third-order valence-corrected chi connectivity index (χ3v) is 4.00. The van der Waals surface area contributed by atoms with Crippen LogP contribution in [0.3, 0.4) is 0 Å². The first-order valence-electron chi connectivity index (χ1n) is 7.52. The van der Waals surface area contributed by atoms with Crippen LogP contribution in [0.15, 0.2) is 0 Å². The number of nitrogens with zero attached hydrogens (tertiary/aromatic N) is 1. The SMILES string of the molecule is CC1(OCC(=O)NCCN2CCCCCC2)CNC1. The van der Waals surface area contributed by atoms with Crippen LogP contribution in [0.25, 0.3) is 0 Å². The lowest BCUT2D eigenvalue weighted by molar-refractivity contribution is -0.135. The van der Waals surface area contributed by atoms with Crippen LogP contribution in [-0.4, -0.2) is 62.3 Å². The highest BCUT2D eigenvalue weighted by Gasteiger charge is 2.32. The fraction of sp³-hybridized carbons (Fsp3) is 0.929. The summed E-state index contributed by atoms with van der Waals surface area (Å²) in [6.07, 6.45) is 5.29. The van der Waals surface area contributed by atoms with E-state index < -0.39 is 0 Å². The van der Waals surface area contributed by atoms with Gasteiger partial charge in [0.25, 0.3) is 0 Å². The molecular formula is C14H27N3O2. The molecule has 0 aliphatic carbocycles. The predicted molar refractivity (Wildman–Crippen MR) is 75.1 cm³/mol. The van der Waals surface area contributed by atoms with Crippen LogP contribution in [0.2, 0.25) is 0 Å². The minimum atomic E-state index is -0.137.